The molecule has 2 aliphatic heterocycles. The number of sulfonamides is 1. The number of fused-ring (bicyclic) bond motifs is 2. The van der Waals surface area contributed by atoms with Crippen LogP contribution in [0.5, 0.6) is 17.4 Å². The lowest BCUT2D eigenvalue weighted by atomic mass is 9.84. The average Bonchev–Trinajstić information content (AvgIpc) is 2.81. The maximum absolute atomic E-state index is 15.2. The van der Waals surface area contributed by atoms with E-state index in [0.717, 1.165) is 0 Å². The van der Waals surface area contributed by atoms with Gasteiger partial charge in [0, 0.05) is 35.0 Å². The van der Waals surface area contributed by atoms with Crippen molar-refractivity contribution in [1.82, 2.24) is 19.8 Å². The zero-order chi connectivity index (χ0) is 24.6. The van der Waals surface area contributed by atoms with Crippen molar-refractivity contribution < 1.29 is 31.8 Å². The van der Waals surface area contributed by atoms with Gasteiger partial charge in [0.25, 0.3) is 0 Å². The van der Waals surface area contributed by atoms with Gasteiger partial charge in [-0.25, -0.2) is 22.3 Å². The number of nitrogens with one attached hydrogen (secondary N) is 1. The summed E-state index contributed by atoms with van der Waals surface area (Å²) >= 11 is 0. The maximum Gasteiger partial charge on any atom is 0.416 e. The van der Waals surface area contributed by atoms with Crippen LogP contribution in [-0.4, -0.2) is 49.9 Å². The van der Waals surface area contributed by atoms with E-state index in [1.54, 1.807) is 36.4 Å². The van der Waals surface area contributed by atoms with Crippen LogP contribution in [0.1, 0.15) is 16.7 Å². The van der Waals surface area contributed by atoms with Crippen molar-refractivity contribution in [3.05, 3.63) is 77.2 Å². The first kappa shape index (κ1) is 23.1. The van der Waals surface area contributed by atoms with Gasteiger partial charge < -0.3 is 14.2 Å². The predicted octanol–water partition coefficient (Wildman–Crippen LogP) is 2.70. The molecule has 0 aliphatic carbocycles. The third kappa shape index (κ3) is 4.31. The molecule has 10 nitrogen and oxygen atoms in total. The van der Waals surface area contributed by atoms with E-state index in [-0.39, 0.29) is 36.8 Å². The van der Waals surface area contributed by atoms with Crippen molar-refractivity contribution in [3.8, 4) is 17.4 Å². The summed E-state index contributed by atoms with van der Waals surface area (Å²) in [5, 5.41) is 7.64. The highest BCUT2D eigenvalue weighted by Gasteiger charge is 2.53. The third-order valence-electron chi connectivity index (χ3n) is 5.98. The first-order valence-electron chi connectivity index (χ1n) is 10.7. The highest BCUT2D eigenvalue weighted by molar-refractivity contribution is 7.88. The van der Waals surface area contributed by atoms with Crippen LogP contribution in [0.4, 0.5) is 9.18 Å². The monoisotopic (exact) mass is 500 g/mol. The average molecular weight is 501 g/mol. The topological polar surface area (TPSA) is 120 Å². The second-order valence-corrected chi connectivity index (χ2v) is 10.1. The molecule has 0 radical (unpaired) electrons. The minimum Gasteiger partial charge on any atom is -0.437 e. The number of hydrogen-bond donors (Lipinski definition) is 1. The second-order valence-electron chi connectivity index (χ2n) is 8.15. The number of carbonyl (C=O) groups is 1. The molecule has 1 N–H and O–H groups in total. The first-order chi connectivity index (χ1) is 16.8. The Labute approximate surface area is 200 Å². The molecular weight excluding hydrogens is 479 g/mol. The fourth-order valence-corrected chi connectivity index (χ4v) is 4.88. The Balaban J connectivity index is 1.44. The van der Waals surface area contributed by atoms with Crippen molar-refractivity contribution in [2.45, 2.75) is 17.8 Å². The van der Waals surface area contributed by atoms with Gasteiger partial charge in [-0.15, -0.1) is 5.10 Å². The van der Waals surface area contributed by atoms with Gasteiger partial charge in [-0.2, -0.15) is 5.10 Å². The van der Waals surface area contributed by atoms with E-state index in [9.17, 15) is 13.2 Å². The van der Waals surface area contributed by atoms with E-state index >= 15 is 4.39 Å². The van der Waals surface area contributed by atoms with E-state index in [0.29, 0.717) is 17.1 Å². The Morgan fingerprint density at radius 1 is 1.17 bits per heavy atom. The van der Waals surface area contributed by atoms with Crippen LogP contribution in [0.15, 0.2) is 54.7 Å². The summed E-state index contributed by atoms with van der Waals surface area (Å²) in [5.41, 5.74) is 0.0227. The van der Waals surface area contributed by atoms with Gasteiger partial charge in [0.2, 0.25) is 15.9 Å². The summed E-state index contributed by atoms with van der Waals surface area (Å²) in [5.74, 6) is -0.198. The smallest absolute Gasteiger partial charge is 0.416 e. The number of ether oxygens (including phenoxy) is 3. The highest BCUT2D eigenvalue weighted by Crippen LogP contribution is 2.46. The van der Waals surface area contributed by atoms with Crippen LogP contribution in [0.3, 0.4) is 0 Å². The van der Waals surface area contributed by atoms with Crippen molar-refractivity contribution >= 4 is 16.1 Å². The van der Waals surface area contributed by atoms with Crippen molar-refractivity contribution in [3.63, 3.8) is 0 Å². The SMILES string of the molecule is CNS(=O)(=O)Cc1cccc(CN2C(=O)Oc3cc(Oc4cccnn4)ccc3C23COC3)c1F. The number of amides is 1. The molecule has 5 rings (SSSR count). The molecule has 0 saturated carbocycles. The first-order valence-corrected chi connectivity index (χ1v) is 12.3. The molecule has 0 unspecified atom stereocenters. The summed E-state index contributed by atoms with van der Waals surface area (Å²) in [7, 11) is -2.41. The van der Waals surface area contributed by atoms with Gasteiger partial charge in [-0.1, -0.05) is 18.2 Å². The Morgan fingerprint density at radius 2 is 1.97 bits per heavy atom. The van der Waals surface area contributed by atoms with Gasteiger partial charge in [0.1, 0.15) is 22.9 Å². The van der Waals surface area contributed by atoms with Gasteiger partial charge in [0.05, 0.1) is 25.5 Å². The zero-order valence-corrected chi connectivity index (χ0v) is 19.4. The van der Waals surface area contributed by atoms with E-state index in [2.05, 4.69) is 14.9 Å². The number of hydrogen-bond acceptors (Lipinski definition) is 8. The van der Waals surface area contributed by atoms with E-state index in [1.165, 1.54) is 30.3 Å². The molecule has 3 heterocycles. The highest BCUT2D eigenvalue weighted by atomic mass is 32.2. The lowest BCUT2D eigenvalue weighted by Gasteiger charge is -2.51. The molecular formula is C23H21FN4O6S. The minimum atomic E-state index is -3.67. The molecule has 1 amide bonds. The van der Waals surface area contributed by atoms with Gasteiger partial charge in [-0.3, -0.25) is 4.90 Å². The van der Waals surface area contributed by atoms with Crippen LogP contribution >= 0.6 is 0 Å². The van der Waals surface area contributed by atoms with Gasteiger partial charge >= 0.3 is 6.09 Å². The molecule has 1 fully saturated rings. The number of aromatic nitrogens is 2. The van der Waals surface area contributed by atoms with Crippen LogP contribution in [0, 0.1) is 5.82 Å². The summed E-state index contributed by atoms with van der Waals surface area (Å²) < 4.78 is 58.0. The molecule has 182 valence electrons. The molecule has 1 spiro atoms. The Morgan fingerprint density at radius 3 is 2.66 bits per heavy atom. The molecule has 12 heteroatoms. The molecule has 2 aromatic carbocycles. The zero-order valence-electron chi connectivity index (χ0n) is 18.6. The Hall–Kier alpha value is -3.61. The molecule has 3 aromatic rings. The molecule has 2 aliphatic rings. The van der Waals surface area contributed by atoms with Crippen LogP contribution in [0.2, 0.25) is 0 Å². The third-order valence-corrected chi connectivity index (χ3v) is 7.30. The number of halogens is 1. The maximum atomic E-state index is 15.2. The largest absolute Gasteiger partial charge is 0.437 e. The summed E-state index contributed by atoms with van der Waals surface area (Å²) in [6.45, 7) is 0.280. The summed E-state index contributed by atoms with van der Waals surface area (Å²) in [6, 6.07) is 12.9. The van der Waals surface area contributed by atoms with Gasteiger partial charge in [0.15, 0.2) is 0 Å². The van der Waals surface area contributed by atoms with E-state index < -0.39 is 33.2 Å². The Bertz CT molecular complexity index is 1380. The summed E-state index contributed by atoms with van der Waals surface area (Å²) in [6.07, 6.45) is 0.847. The van der Waals surface area contributed by atoms with Crippen molar-refractivity contribution in [2.24, 2.45) is 0 Å². The fraction of sp³-hybridized carbons (Fsp3) is 0.261. The molecule has 0 bridgehead atoms. The standard InChI is InChI=1S/C23H21FN4O6S/c1-25-35(30,31)12-16-5-2-4-15(21(16)24)11-28-22(29)34-19-10-17(33-20-6-3-9-26-27-20)7-8-18(19)23(28)13-32-14-23/h2-10,25H,11-14H2,1H3. The van der Waals surface area contributed by atoms with Crippen LogP contribution in [-0.2, 0) is 32.6 Å². The van der Waals surface area contributed by atoms with Crippen molar-refractivity contribution in [1.29, 1.82) is 0 Å². The molecule has 1 saturated heterocycles. The second kappa shape index (κ2) is 8.87. The fourth-order valence-electron chi connectivity index (χ4n) is 4.10. The predicted molar refractivity (Wildman–Crippen MR) is 121 cm³/mol. The normalized spacial score (nSPS) is 16.4. The molecule has 1 aromatic heterocycles. The number of rotatable bonds is 7. The van der Waals surface area contributed by atoms with Crippen molar-refractivity contribution in [2.75, 3.05) is 20.3 Å². The number of carbonyl (C=O) groups excluding carboxylic acids is 1. The molecule has 35 heavy (non-hydrogen) atoms. The lowest BCUT2D eigenvalue weighted by Crippen LogP contribution is -2.63. The molecule has 0 atom stereocenters. The van der Waals surface area contributed by atoms with Crippen LogP contribution < -0.4 is 14.2 Å². The number of nitrogens with zero attached hydrogens (tertiary/aromatic N) is 3. The van der Waals surface area contributed by atoms with Crippen LogP contribution in [0.25, 0.3) is 0 Å². The summed E-state index contributed by atoms with van der Waals surface area (Å²) in [4.78, 5) is 14.5. The van der Waals surface area contributed by atoms with E-state index in [1.807, 2.05) is 0 Å². The lowest BCUT2D eigenvalue weighted by molar-refractivity contribution is -0.143. The quantitative estimate of drug-likeness (QED) is 0.526. The Kier molecular flexibility index (Phi) is 5.87. The van der Waals surface area contributed by atoms with Gasteiger partial charge in [-0.05, 0) is 25.2 Å². The number of benzene rings is 2. The minimum absolute atomic E-state index is 0.00679. The van der Waals surface area contributed by atoms with E-state index in [4.69, 9.17) is 14.2 Å².